The van der Waals surface area contributed by atoms with E-state index in [-0.39, 0.29) is 5.76 Å². The van der Waals surface area contributed by atoms with E-state index in [4.69, 9.17) is 9.56 Å². The van der Waals surface area contributed by atoms with Crippen LogP contribution in [0.2, 0.25) is 0 Å². The molecule has 108 valence electrons. The van der Waals surface area contributed by atoms with Crippen molar-refractivity contribution in [1.82, 2.24) is 4.98 Å². The largest absolute Gasteiger partial charge is 0.438 e. The number of rotatable bonds is 3. The number of fused-ring (bicyclic) bond motifs is 1. The second kappa shape index (κ2) is 4.76. The van der Waals surface area contributed by atoms with Crippen molar-refractivity contribution in [2.75, 3.05) is 5.32 Å². The fourth-order valence-corrected chi connectivity index (χ4v) is 2.38. The first kappa shape index (κ1) is 13.4. The molecular weight excluding hydrogens is 294 g/mol. The van der Waals surface area contributed by atoms with Crippen LogP contribution in [0.1, 0.15) is 10.6 Å². The molecule has 3 rings (SSSR count). The van der Waals surface area contributed by atoms with Crippen molar-refractivity contribution in [3.8, 4) is 0 Å². The fourth-order valence-electron chi connectivity index (χ4n) is 1.92. The van der Waals surface area contributed by atoms with Gasteiger partial charge >= 0.3 is 0 Å². The molecule has 0 radical (unpaired) electrons. The molecule has 0 atom stereocenters. The van der Waals surface area contributed by atoms with Crippen molar-refractivity contribution in [1.29, 1.82) is 0 Å². The number of benzene rings is 1. The van der Waals surface area contributed by atoms with Crippen molar-refractivity contribution in [3.05, 3.63) is 48.4 Å². The van der Waals surface area contributed by atoms with Crippen LogP contribution in [0.5, 0.6) is 0 Å². The Morgan fingerprint density at radius 1 is 1.19 bits per heavy atom. The molecule has 4 N–H and O–H groups in total. The lowest BCUT2D eigenvalue weighted by atomic mass is 10.2. The van der Waals surface area contributed by atoms with E-state index in [9.17, 15) is 13.2 Å². The number of carbonyl (C=O) groups excluding carboxylic acids is 1. The zero-order valence-corrected chi connectivity index (χ0v) is 11.5. The van der Waals surface area contributed by atoms with Gasteiger partial charge in [-0.15, -0.1) is 0 Å². The normalized spacial score (nSPS) is 11.7. The van der Waals surface area contributed by atoms with Gasteiger partial charge < -0.3 is 14.7 Å². The van der Waals surface area contributed by atoms with Gasteiger partial charge in [-0.1, -0.05) is 0 Å². The van der Waals surface area contributed by atoms with E-state index < -0.39 is 21.0 Å². The number of sulfonamides is 1. The molecule has 1 aromatic carbocycles. The van der Waals surface area contributed by atoms with Gasteiger partial charge in [-0.3, -0.25) is 4.79 Å². The minimum Gasteiger partial charge on any atom is -0.438 e. The van der Waals surface area contributed by atoms with Crippen molar-refractivity contribution in [3.63, 3.8) is 0 Å². The molecule has 7 nitrogen and oxygen atoms in total. The van der Waals surface area contributed by atoms with Crippen LogP contribution in [0.25, 0.3) is 10.9 Å². The topological polar surface area (TPSA) is 118 Å². The van der Waals surface area contributed by atoms with Gasteiger partial charge in [0.25, 0.3) is 15.9 Å². The highest BCUT2D eigenvalue weighted by Crippen LogP contribution is 2.19. The average Bonchev–Trinajstić information content (AvgIpc) is 3.06. The van der Waals surface area contributed by atoms with Crippen LogP contribution in [-0.4, -0.2) is 19.3 Å². The van der Waals surface area contributed by atoms with E-state index in [1.54, 1.807) is 18.3 Å². The first-order chi connectivity index (χ1) is 9.93. The van der Waals surface area contributed by atoms with Gasteiger partial charge in [0.15, 0.2) is 5.76 Å². The Morgan fingerprint density at radius 2 is 2.00 bits per heavy atom. The summed E-state index contributed by atoms with van der Waals surface area (Å²) in [4.78, 5) is 15.0. The lowest BCUT2D eigenvalue weighted by Crippen LogP contribution is -2.12. The van der Waals surface area contributed by atoms with Crippen LogP contribution >= 0.6 is 0 Å². The first-order valence-electron chi connectivity index (χ1n) is 5.94. The number of primary sulfonamides is 1. The van der Waals surface area contributed by atoms with Crippen LogP contribution in [0, 0.1) is 0 Å². The Kier molecular flexibility index (Phi) is 3.04. The highest BCUT2D eigenvalue weighted by molar-refractivity contribution is 7.89. The summed E-state index contributed by atoms with van der Waals surface area (Å²) in [5.41, 5.74) is 1.52. The van der Waals surface area contributed by atoms with Crippen molar-refractivity contribution >= 4 is 32.5 Å². The molecule has 0 aliphatic rings. The monoisotopic (exact) mass is 305 g/mol. The first-order valence-corrected chi connectivity index (χ1v) is 7.49. The summed E-state index contributed by atoms with van der Waals surface area (Å²) in [5.74, 6) is -0.687. The fraction of sp³-hybridized carbons (Fsp3) is 0. The number of hydrogen-bond donors (Lipinski definition) is 3. The van der Waals surface area contributed by atoms with Crippen LogP contribution in [-0.2, 0) is 10.0 Å². The van der Waals surface area contributed by atoms with E-state index in [0.717, 1.165) is 17.0 Å². The van der Waals surface area contributed by atoms with E-state index in [2.05, 4.69) is 10.3 Å². The van der Waals surface area contributed by atoms with Gasteiger partial charge in [-0.25, -0.2) is 13.6 Å². The summed E-state index contributed by atoms with van der Waals surface area (Å²) in [6.07, 6.45) is 1.79. The van der Waals surface area contributed by atoms with E-state index in [0.29, 0.717) is 5.69 Å². The molecule has 0 saturated heterocycles. The average molecular weight is 305 g/mol. The number of H-pyrrole nitrogens is 1. The second-order valence-electron chi connectivity index (χ2n) is 4.40. The van der Waals surface area contributed by atoms with Gasteiger partial charge in [0, 0.05) is 22.8 Å². The molecule has 0 aliphatic heterocycles. The molecule has 0 saturated carbocycles. The van der Waals surface area contributed by atoms with Crippen LogP contribution in [0.3, 0.4) is 0 Å². The highest BCUT2D eigenvalue weighted by Gasteiger charge is 2.17. The Bertz CT molecular complexity index is 924. The summed E-state index contributed by atoms with van der Waals surface area (Å²) in [6.45, 7) is 0. The summed E-state index contributed by atoms with van der Waals surface area (Å²) >= 11 is 0. The van der Waals surface area contributed by atoms with Gasteiger partial charge in [-0.05, 0) is 36.4 Å². The molecular formula is C13H11N3O4S. The summed E-state index contributed by atoms with van der Waals surface area (Å²) in [7, 11) is -3.96. The van der Waals surface area contributed by atoms with Crippen molar-refractivity contribution in [2.24, 2.45) is 5.14 Å². The Morgan fingerprint density at radius 3 is 2.71 bits per heavy atom. The minimum atomic E-state index is -3.96. The van der Waals surface area contributed by atoms with Gasteiger partial charge in [0.05, 0.1) is 0 Å². The molecule has 8 heteroatoms. The number of aromatic amines is 1. The number of hydrogen-bond acceptors (Lipinski definition) is 4. The number of nitrogens with two attached hydrogens (primary N) is 1. The van der Waals surface area contributed by atoms with Crippen LogP contribution in [0.15, 0.2) is 52.1 Å². The molecule has 3 aromatic rings. The lowest BCUT2D eigenvalue weighted by molar-refractivity contribution is 0.0991. The maximum atomic E-state index is 12.0. The Balaban J connectivity index is 1.84. The Hall–Kier alpha value is -2.58. The van der Waals surface area contributed by atoms with Crippen LogP contribution in [0.4, 0.5) is 5.69 Å². The number of carbonyl (C=O) groups is 1. The van der Waals surface area contributed by atoms with Crippen LogP contribution < -0.4 is 10.5 Å². The lowest BCUT2D eigenvalue weighted by Gasteiger charge is -2.03. The molecule has 0 fully saturated rings. The van der Waals surface area contributed by atoms with E-state index >= 15 is 0 Å². The molecule has 2 aromatic heterocycles. The summed E-state index contributed by atoms with van der Waals surface area (Å²) < 4.78 is 27.1. The highest BCUT2D eigenvalue weighted by atomic mass is 32.2. The molecule has 0 spiro atoms. The third-order valence-corrected chi connectivity index (χ3v) is 3.68. The molecule has 0 aliphatic carbocycles. The smallest absolute Gasteiger partial charge is 0.291 e. The number of nitrogens with one attached hydrogen (secondary N) is 2. The Labute approximate surface area is 119 Å². The van der Waals surface area contributed by atoms with Crippen molar-refractivity contribution < 1.29 is 17.6 Å². The number of anilines is 1. The second-order valence-corrected chi connectivity index (χ2v) is 5.89. The third kappa shape index (κ3) is 2.67. The van der Waals surface area contributed by atoms with E-state index in [1.165, 1.54) is 6.07 Å². The maximum Gasteiger partial charge on any atom is 0.291 e. The van der Waals surface area contributed by atoms with Crippen molar-refractivity contribution in [2.45, 2.75) is 5.09 Å². The number of furan rings is 1. The number of aromatic nitrogens is 1. The van der Waals surface area contributed by atoms with Gasteiger partial charge in [0.1, 0.15) is 0 Å². The molecule has 2 heterocycles. The molecule has 21 heavy (non-hydrogen) atoms. The van der Waals surface area contributed by atoms with E-state index in [1.807, 2.05) is 12.1 Å². The third-order valence-electron chi connectivity index (χ3n) is 2.90. The quantitative estimate of drug-likeness (QED) is 0.681. The zero-order chi connectivity index (χ0) is 15.0. The standard InChI is InChI=1S/C13H11N3O4S/c14-21(18,19)12-4-3-11(20-12)13(17)16-9-1-2-10-8(7-9)5-6-15-10/h1-7,15H,(H,16,17)(H2,14,18,19). The van der Waals surface area contributed by atoms with Gasteiger partial charge in [0.2, 0.25) is 5.09 Å². The van der Waals surface area contributed by atoms with Gasteiger partial charge in [-0.2, -0.15) is 0 Å². The predicted octanol–water partition coefficient (Wildman–Crippen LogP) is 1.66. The predicted molar refractivity (Wildman–Crippen MR) is 76.3 cm³/mol. The molecule has 0 unspecified atom stereocenters. The maximum absolute atomic E-state index is 12.0. The minimum absolute atomic E-state index is 0.131. The number of amides is 1. The zero-order valence-electron chi connectivity index (χ0n) is 10.7. The molecule has 1 amide bonds. The summed E-state index contributed by atoms with van der Waals surface area (Å²) in [5, 5.41) is 8.03. The summed E-state index contributed by atoms with van der Waals surface area (Å²) in [6, 6.07) is 9.59. The SMILES string of the molecule is NS(=O)(=O)c1ccc(C(=O)Nc2ccc3[nH]ccc3c2)o1. The molecule has 0 bridgehead atoms.